The number of hydrogen-bond acceptors (Lipinski definition) is 6. The first kappa shape index (κ1) is 13.5. The van der Waals surface area contributed by atoms with Crippen LogP contribution < -0.4 is 4.83 Å². The Morgan fingerprint density at radius 2 is 2.00 bits per heavy atom. The molecule has 1 aliphatic rings. The molecule has 0 unspecified atom stereocenters. The Morgan fingerprint density at radius 3 is 2.80 bits per heavy atom. The lowest BCUT2D eigenvalue weighted by Crippen LogP contribution is -2.48. The fourth-order valence-corrected chi connectivity index (χ4v) is 3.31. The Balaban J connectivity index is 1.75. The van der Waals surface area contributed by atoms with E-state index in [1.54, 1.807) is 17.1 Å². The quantitative estimate of drug-likeness (QED) is 0.884. The Morgan fingerprint density at radius 1 is 1.25 bits per heavy atom. The number of rotatable bonds is 4. The average Bonchev–Trinajstić information content (AvgIpc) is 2.82. The van der Waals surface area contributed by atoms with Gasteiger partial charge in [-0.1, -0.05) is 17.3 Å². The third-order valence-electron chi connectivity index (χ3n) is 3.06. The van der Waals surface area contributed by atoms with Crippen molar-refractivity contribution in [1.82, 2.24) is 15.0 Å². The predicted octanol–water partition coefficient (Wildman–Crippen LogP) is 0.494. The van der Waals surface area contributed by atoms with Crippen LogP contribution in [0.2, 0.25) is 0 Å². The third-order valence-corrected chi connectivity index (χ3v) is 4.25. The number of ether oxygens (including phenoxy) is 1. The highest BCUT2D eigenvalue weighted by molar-refractivity contribution is 7.88. The van der Waals surface area contributed by atoms with Gasteiger partial charge in [-0.15, -0.1) is 4.83 Å². The molecule has 2 heterocycles. The summed E-state index contributed by atoms with van der Waals surface area (Å²) in [6.07, 6.45) is 0. The minimum absolute atomic E-state index is 0.207. The molecule has 20 heavy (non-hydrogen) atoms. The molecule has 0 saturated carbocycles. The monoisotopic (exact) mass is 297 g/mol. The molecule has 1 N–H and O–H groups in total. The molecule has 2 aromatic rings. The van der Waals surface area contributed by atoms with Gasteiger partial charge in [0.05, 0.1) is 13.2 Å². The van der Waals surface area contributed by atoms with Crippen LogP contribution in [0.1, 0.15) is 5.69 Å². The fourth-order valence-electron chi connectivity index (χ4n) is 2.11. The smallest absolute Gasteiger partial charge is 0.230 e. The summed E-state index contributed by atoms with van der Waals surface area (Å²) in [7, 11) is -3.50. The highest BCUT2D eigenvalue weighted by atomic mass is 32.2. The number of fused-ring (bicyclic) bond motifs is 1. The van der Waals surface area contributed by atoms with Crippen LogP contribution in [0.15, 0.2) is 28.8 Å². The van der Waals surface area contributed by atoms with Gasteiger partial charge in [0.1, 0.15) is 11.4 Å². The summed E-state index contributed by atoms with van der Waals surface area (Å²) in [5.41, 5.74) is 1.01. The first-order valence-electron chi connectivity index (χ1n) is 6.30. The van der Waals surface area contributed by atoms with E-state index in [4.69, 9.17) is 9.26 Å². The lowest BCUT2D eigenvalue weighted by Gasteiger charge is -2.26. The maximum absolute atomic E-state index is 12.1. The summed E-state index contributed by atoms with van der Waals surface area (Å²) in [6, 6.07) is 7.20. The number of para-hydroxylation sites is 1. The van der Waals surface area contributed by atoms with Gasteiger partial charge < -0.3 is 9.26 Å². The first-order valence-corrected chi connectivity index (χ1v) is 7.95. The molecule has 0 spiro atoms. The van der Waals surface area contributed by atoms with E-state index in [1.165, 1.54) is 0 Å². The zero-order valence-corrected chi connectivity index (χ0v) is 11.6. The number of morpholine rings is 1. The minimum atomic E-state index is -3.50. The third kappa shape index (κ3) is 2.98. The Hall–Kier alpha value is -1.48. The largest absolute Gasteiger partial charge is 0.379 e. The van der Waals surface area contributed by atoms with Gasteiger partial charge in [0.15, 0.2) is 5.58 Å². The highest BCUT2D eigenvalue weighted by Crippen LogP contribution is 2.19. The summed E-state index contributed by atoms with van der Waals surface area (Å²) < 4.78 is 34.6. The fraction of sp³-hybridized carbons (Fsp3) is 0.417. The Bertz CT molecular complexity index is 692. The van der Waals surface area contributed by atoms with Crippen LogP contribution in [-0.2, 0) is 20.5 Å². The van der Waals surface area contributed by atoms with Crippen molar-refractivity contribution in [1.29, 1.82) is 0 Å². The second kappa shape index (κ2) is 5.49. The summed E-state index contributed by atoms with van der Waals surface area (Å²) in [4.78, 5) is 2.54. The molecule has 3 rings (SSSR count). The molecule has 0 radical (unpaired) electrons. The van der Waals surface area contributed by atoms with Gasteiger partial charge in [0.2, 0.25) is 10.0 Å². The number of hydrazine groups is 1. The molecule has 0 bridgehead atoms. The van der Waals surface area contributed by atoms with Gasteiger partial charge in [-0.25, -0.2) is 13.4 Å². The molecule has 1 aliphatic heterocycles. The molecule has 1 saturated heterocycles. The van der Waals surface area contributed by atoms with Gasteiger partial charge in [-0.2, -0.15) is 0 Å². The molecule has 0 atom stereocenters. The van der Waals surface area contributed by atoms with E-state index < -0.39 is 10.0 Å². The topological polar surface area (TPSA) is 84.7 Å². The summed E-state index contributed by atoms with van der Waals surface area (Å²) in [5, 5.41) is 6.20. The van der Waals surface area contributed by atoms with Crippen LogP contribution in [0.5, 0.6) is 0 Å². The van der Waals surface area contributed by atoms with Crippen LogP contribution >= 0.6 is 0 Å². The number of benzene rings is 1. The molecule has 0 amide bonds. The van der Waals surface area contributed by atoms with E-state index in [-0.39, 0.29) is 5.75 Å². The van der Waals surface area contributed by atoms with Gasteiger partial charge in [0, 0.05) is 18.5 Å². The van der Waals surface area contributed by atoms with Gasteiger partial charge in [-0.05, 0) is 12.1 Å². The molecule has 108 valence electrons. The normalized spacial score (nSPS) is 17.6. The molecular weight excluding hydrogens is 282 g/mol. The molecule has 8 heteroatoms. The summed E-state index contributed by atoms with van der Waals surface area (Å²) >= 11 is 0. The van der Waals surface area contributed by atoms with Crippen molar-refractivity contribution in [3.63, 3.8) is 0 Å². The number of nitrogens with one attached hydrogen (secondary N) is 1. The number of nitrogens with zero attached hydrogens (tertiary/aromatic N) is 2. The standard InChI is InChI=1S/C12H15N3O4S/c16-20(17,14-15-5-7-18-8-6-15)9-11-10-3-1-2-4-12(10)19-13-11/h1-4,14H,5-9H2. The molecule has 1 aromatic heterocycles. The summed E-state index contributed by atoms with van der Waals surface area (Å²) in [5.74, 6) is -0.207. The Labute approximate surface area is 116 Å². The second-order valence-electron chi connectivity index (χ2n) is 4.58. The van der Waals surface area contributed by atoms with Crippen molar-refractivity contribution in [2.45, 2.75) is 5.75 Å². The van der Waals surface area contributed by atoms with E-state index >= 15 is 0 Å². The molecular formula is C12H15N3O4S. The van der Waals surface area contributed by atoms with Crippen LogP contribution in [-0.4, -0.2) is 44.9 Å². The van der Waals surface area contributed by atoms with E-state index in [2.05, 4.69) is 9.99 Å². The van der Waals surface area contributed by atoms with Crippen molar-refractivity contribution in [3.05, 3.63) is 30.0 Å². The molecule has 1 fully saturated rings. The van der Waals surface area contributed by atoms with Crippen molar-refractivity contribution in [3.8, 4) is 0 Å². The van der Waals surface area contributed by atoms with Crippen LogP contribution in [0, 0.1) is 0 Å². The zero-order valence-electron chi connectivity index (χ0n) is 10.8. The lowest BCUT2D eigenvalue weighted by atomic mass is 10.2. The zero-order chi connectivity index (χ0) is 14.0. The maximum atomic E-state index is 12.1. The predicted molar refractivity (Wildman–Crippen MR) is 72.2 cm³/mol. The van der Waals surface area contributed by atoms with Crippen molar-refractivity contribution in [2.75, 3.05) is 26.3 Å². The van der Waals surface area contributed by atoms with Crippen molar-refractivity contribution in [2.24, 2.45) is 0 Å². The van der Waals surface area contributed by atoms with E-state index in [9.17, 15) is 8.42 Å². The number of aromatic nitrogens is 1. The number of hydrogen-bond donors (Lipinski definition) is 1. The molecule has 1 aromatic carbocycles. The Kier molecular flexibility index (Phi) is 3.70. The molecule has 7 nitrogen and oxygen atoms in total. The van der Waals surface area contributed by atoms with Crippen molar-refractivity contribution >= 4 is 21.0 Å². The first-order chi connectivity index (χ1) is 9.64. The highest BCUT2D eigenvalue weighted by Gasteiger charge is 2.21. The van der Waals surface area contributed by atoms with Crippen LogP contribution in [0.3, 0.4) is 0 Å². The van der Waals surface area contributed by atoms with Crippen LogP contribution in [0.25, 0.3) is 11.0 Å². The van der Waals surface area contributed by atoms with Gasteiger partial charge in [-0.3, -0.25) is 0 Å². The van der Waals surface area contributed by atoms with E-state index in [0.717, 1.165) is 5.39 Å². The average molecular weight is 297 g/mol. The molecule has 0 aliphatic carbocycles. The lowest BCUT2D eigenvalue weighted by molar-refractivity contribution is 0.0272. The second-order valence-corrected chi connectivity index (χ2v) is 6.28. The number of sulfonamides is 1. The summed E-state index contributed by atoms with van der Waals surface area (Å²) in [6.45, 7) is 2.13. The van der Waals surface area contributed by atoms with E-state index in [0.29, 0.717) is 37.6 Å². The minimum Gasteiger partial charge on any atom is -0.379 e. The SMILES string of the molecule is O=S(=O)(Cc1noc2ccccc12)NN1CCOCC1. The van der Waals surface area contributed by atoms with Gasteiger partial charge in [0.25, 0.3) is 0 Å². The van der Waals surface area contributed by atoms with Crippen molar-refractivity contribution < 1.29 is 17.7 Å². The van der Waals surface area contributed by atoms with E-state index in [1.807, 2.05) is 12.1 Å². The maximum Gasteiger partial charge on any atom is 0.230 e. The van der Waals surface area contributed by atoms with Crippen LogP contribution in [0.4, 0.5) is 0 Å². The van der Waals surface area contributed by atoms with Gasteiger partial charge >= 0.3 is 0 Å².